The average Bonchev–Trinajstić information content (AvgIpc) is 3.03. The average molecular weight is 304 g/mol. The van der Waals surface area contributed by atoms with Crippen molar-refractivity contribution in [2.24, 2.45) is 5.92 Å². The van der Waals surface area contributed by atoms with Gasteiger partial charge in [-0.1, -0.05) is 0 Å². The van der Waals surface area contributed by atoms with Gasteiger partial charge in [0.1, 0.15) is 12.4 Å². The molecular formula is C13H19F3N4O. The van der Waals surface area contributed by atoms with Gasteiger partial charge in [0.05, 0.1) is 6.54 Å². The number of carbonyl (C=O) groups is 1. The summed E-state index contributed by atoms with van der Waals surface area (Å²) in [7, 11) is 0. The molecule has 1 aliphatic heterocycles. The van der Waals surface area contributed by atoms with Crippen LogP contribution < -0.4 is 10.6 Å². The maximum absolute atomic E-state index is 12.3. The Morgan fingerprint density at radius 2 is 2.33 bits per heavy atom. The summed E-state index contributed by atoms with van der Waals surface area (Å²) in [6.45, 7) is 0.848. The molecule has 0 spiro atoms. The van der Waals surface area contributed by atoms with E-state index < -0.39 is 12.7 Å². The first-order valence-electron chi connectivity index (χ1n) is 6.98. The third kappa shape index (κ3) is 5.37. The van der Waals surface area contributed by atoms with Crippen LogP contribution in [0.3, 0.4) is 0 Å². The summed E-state index contributed by atoms with van der Waals surface area (Å²) in [5.74, 6) is 0.578. The summed E-state index contributed by atoms with van der Waals surface area (Å²) in [5, 5.41) is 5.85. The minimum Gasteiger partial charge on any atom is -0.349 e. The molecular weight excluding hydrogens is 285 g/mol. The summed E-state index contributed by atoms with van der Waals surface area (Å²) in [6, 6.07) is 0. The Balaban J connectivity index is 1.74. The topological polar surface area (TPSA) is 59.0 Å². The highest BCUT2D eigenvalue weighted by molar-refractivity contribution is 5.75. The van der Waals surface area contributed by atoms with Gasteiger partial charge in [0.2, 0.25) is 5.91 Å². The van der Waals surface area contributed by atoms with E-state index in [-0.39, 0.29) is 18.3 Å². The van der Waals surface area contributed by atoms with Crippen LogP contribution in [-0.2, 0) is 17.9 Å². The van der Waals surface area contributed by atoms with Crippen LogP contribution in [0.5, 0.6) is 0 Å². The molecule has 2 N–H and O–H groups in total. The van der Waals surface area contributed by atoms with Gasteiger partial charge in [-0.25, -0.2) is 4.98 Å². The predicted molar refractivity (Wildman–Crippen MR) is 70.3 cm³/mol. The van der Waals surface area contributed by atoms with E-state index in [0.29, 0.717) is 12.3 Å². The zero-order chi connectivity index (χ0) is 15.3. The summed E-state index contributed by atoms with van der Waals surface area (Å²) < 4.78 is 38.0. The zero-order valence-electron chi connectivity index (χ0n) is 11.6. The summed E-state index contributed by atoms with van der Waals surface area (Å²) in [5.41, 5.74) is 0. The van der Waals surface area contributed by atoms with Crippen LogP contribution >= 0.6 is 0 Å². The molecule has 1 saturated heterocycles. The molecule has 1 aromatic rings. The highest BCUT2D eigenvalue weighted by Gasteiger charge is 2.28. The smallest absolute Gasteiger partial charge is 0.349 e. The molecule has 0 aromatic carbocycles. The van der Waals surface area contributed by atoms with Crippen molar-refractivity contribution < 1.29 is 18.0 Å². The summed E-state index contributed by atoms with van der Waals surface area (Å²) in [4.78, 5) is 15.5. The van der Waals surface area contributed by atoms with Crippen LogP contribution in [0.4, 0.5) is 13.2 Å². The molecule has 1 amide bonds. The molecule has 2 rings (SSSR count). The number of alkyl halides is 3. The van der Waals surface area contributed by atoms with Gasteiger partial charge in [-0.05, 0) is 31.8 Å². The van der Waals surface area contributed by atoms with Crippen LogP contribution in [0.2, 0.25) is 0 Å². The minimum absolute atomic E-state index is 0.0187. The van der Waals surface area contributed by atoms with Crippen molar-refractivity contribution in [3.8, 4) is 0 Å². The summed E-state index contributed by atoms with van der Waals surface area (Å²) in [6.07, 6.45) is 0.539. The van der Waals surface area contributed by atoms with Gasteiger partial charge in [0.25, 0.3) is 0 Å². The number of imidazole rings is 1. The molecule has 21 heavy (non-hydrogen) atoms. The Labute approximate surface area is 120 Å². The molecule has 118 valence electrons. The monoisotopic (exact) mass is 304 g/mol. The van der Waals surface area contributed by atoms with Crippen LogP contribution in [-0.4, -0.2) is 34.7 Å². The van der Waals surface area contributed by atoms with Gasteiger partial charge in [-0.2, -0.15) is 13.2 Å². The van der Waals surface area contributed by atoms with Crippen molar-refractivity contribution in [1.29, 1.82) is 0 Å². The number of aromatic nitrogens is 2. The highest BCUT2D eigenvalue weighted by Crippen LogP contribution is 2.18. The number of hydrogen-bond donors (Lipinski definition) is 2. The third-order valence-corrected chi connectivity index (χ3v) is 3.54. The molecule has 1 unspecified atom stereocenters. The second-order valence-corrected chi connectivity index (χ2v) is 5.26. The van der Waals surface area contributed by atoms with E-state index in [4.69, 9.17) is 0 Å². The number of hydrogen-bond acceptors (Lipinski definition) is 3. The highest BCUT2D eigenvalue weighted by atomic mass is 19.4. The number of nitrogens with one attached hydrogen (secondary N) is 2. The normalized spacial score (nSPS) is 18.9. The lowest BCUT2D eigenvalue weighted by molar-refractivity contribution is -0.141. The van der Waals surface area contributed by atoms with E-state index in [9.17, 15) is 18.0 Å². The molecule has 0 saturated carbocycles. The van der Waals surface area contributed by atoms with E-state index in [1.807, 2.05) is 0 Å². The lowest BCUT2D eigenvalue weighted by Crippen LogP contribution is -2.27. The second-order valence-electron chi connectivity index (χ2n) is 5.26. The van der Waals surface area contributed by atoms with E-state index in [0.717, 1.165) is 30.5 Å². The molecule has 1 atom stereocenters. The number of carbonyl (C=O) groups excluding carboxylic acids is 1. The molecule has 1 aromatic heterocycles. The maximum Gasteiger partial charge on any atom is 0.406 e. The first kappa shape index (κ1) is 15.8. The first-order valence-corrected chi connectivity index (χ1v) is 6.98. The van der Waals surface area contributed by atoms with Crippen LogP contribution in [0, 0.1) is 5.92 Å². The standard InChI is InChI=1S/C13H19F3N4O/c14-13(15,16)9-20-6-5-18-11(20)8-19-12(21)2-1-10-3-4-17-7-10/h5-6,10,17H,1-4,7-9H2,(H,19,21). The molecule has 0 aliphatic carbocycles. The van der Waals surface area contributed by atoms with Gasteiger partial charge < -0.3 is 15.2 Å². The first-order chi connectivity index (χ1) is 9.94. The third-order valence-electron chi connectivity index (χ3n) is 3.54. The number of nitrogens with zero attached hydrogens (tertiary/aromatic N) is 2. The number of rotatable bonds is 6. The Kier molecular flexibility index (Phi) is 5.22. The van der Waals surface area contributed by atoms with Crippen molar-refractivity contribution in [3.63, 3.8) is 0 Å². The fourth-order valence-electron chi connectivity index (χ4n) is 2.41. The number of halogens is 3. The predicted octanol–water partition coefficient (Wildman–Crippen LogP) is 1.45. The largest absolute Gasteiger partial charge is 0.406 e. The van der Waals surface area contributed by atoms with E-state index in [1.54, 1.807) is 0 Å². The van der Waals surface area contributed by atoms with Gasteiger partial charge in [-0.3, -0.25) is 4.79 Å². The molecule has 0 bridgehead atoms. The Hall–Kier alpha value is -1.57. The zero-order valence-corrected chi connectivity index (χ0v) is 11.6. The lowest BCUT2D eigenvalue weighted by Gasteiger charge is -2.12. The SMILES string of the molecule is O=C(CCC1CCNC1)NCc1nccn1CC(F)(F)F. The molecule has 5 nitrogen and oxygen atoms in total. The van der Waals surface area contributed by atoms with E-state index in [2.05, 4.69) is 15.6 Å². The van der Waals surface area contributed by atoms with Crippen molar-refractivity contribution in [1.82, 2.24) is 20.2 Å². The Morgan fingerprint density at radius 3 is 3.00 bits per heavy atom. The van der Waals surface area contributed by atoms with Crippen LogP contribution in [0.25, 0.3) is 0 Å². The fourth-order valence-corrected chi connectivity index (χ4v) is 2.41. The van der Waals surface area contributed by atoms with Gasteiger partial charge in [-0.15, -0.1) is 0 Å². The van der Waals surface area contributed by atoms with Crippen LogP contribution in [0.1, 0.15) is 25.1 Å². The molecule has 0 radical (unpaired) electrons. The lowest BCUT2D eigenvalue weighted by atomic mass is 10.0. The molecule has 8 heteroatoms. The quantitative estimate of drug-likeness (QED) is 0.836. The van der Waals surface area contributed by atoms with Crippen molar-refractivity contribution in [2.45, 2.75) is 38.5 Å². The van der Waals surface area contributed by atoms with Crippen molar-refractivity contribution in [3.05, 3.63) is 18.2 Å². The second kappa shape index (κ2) is 6.93. The van der Waals surface area contributed by atoms with Crippen molar-refractivity contribution in [2.75, 3.05) is 13.1 Å². The van der Waals surface area contributed by atoms with Gasteiger partial charge >= 0.3 is 6.18 Å². The minimum atomic E-state index is -4.30. The van der Waals surface area contributed by atoms with Gasteiger partial charge in [0, 0.05) is 18.8 Å². The van der Waals surface area contributed by atoms with Gasteiger partial charge in [0.15, 0.2) is 0 Å². The van der Waals surface area contributed by atoms with E-state index in [1.165, 1.54) is 12.4 Å². The Morgan fingerprint density at radius 1 is 1.52 bits per heavy atom. The van der Waals surface area contributed by atoms with Crippen LogP contribution in [0.15, 0.2) is 12.4 Å². The maximum atomic E-state index is 12.3. The molecule has 1 fully saturated rings. The Bertz CT molecular complexity index is 466. The fraction of sp³-hybridized carbons (Fsp3) is 0.692. The molecule has 1 aliphatic rings. The molecule has 2 heterocycles. The van der Waals surface area contributed by atoms with E-state index >= 15 is 0 Å². The van der Waals surface area contributed by atoms with Crippen molar-refractivity contribution >= 4 is 5.91 Å². The summed E-state index contributed by atoms with van der Waals surface area (Å²) >= 11 is 0. The number of amides is 1.